The van der Waals surface area contributed by atoms with Crippen LogP contribution in [0.3, 0.4) is 0 Å². The first-order chi connectivity index (χ1) is 7.60. The Labute approximate surface area is 94.3 Å². The van der Waals surface area contributed by atoms with Crippen LogP contribution < -0.4 is 5.32 Å². The molecule has 0 amide bonds. The Morgan fingerprint density at radius 3 is 2.75 bits per heavy atom. The van der Waals surface area contributed by atoms with Crippen molar-refractivity contribution in [2.75, 3.05) is 11.9 Å². The van der Waals surface area contributed by atoms with Crippen molar-refractivity contribution in [3.63, 3.8) is 0 Å². The summed E-state index contributed by atoms with van der Waals surface area (Å²) in [4.78, 5) is 11.3. The second-order valence-electron chi connectivity index (χ2n) is 3.65. The van der Waals surface area contributed by atoms with Gasteiger partial charge in [0.2, 0.25) is 0 Å². The van der Waals surface area contributed by atoms with E-state index in [1.54, 1.807) is 6.07 Å². The highest BCUT2D eigenvalue weighted by Crippen LogP contribution is 2.20. The summed E-state index contributed by atoms with van der Waals surface area (Å²) in [7, 11) is 0. The van der Waals surface area contributed by atoms with Crippen molar-refractivity contribution in [3.8, 4) is 0 Å². The molecule has 1 aromatic rings. The minimum absolute atomic E-state index is 0.0504. The summed E-state index contributed by atoms with van der Waals surface area (Å²) in [6.45, 7) is 3.18. The van der Waals surface area contributed by atoms with E-state index in [9.17, 15) is 9.18 Å². The molecule has 0 radical (unpaired) electrons. The topological polar surface area (TPSA) is 49.3 Å². The van der Waals surface area contributed by atoms with Crippen LogP contribution in [-0.4, -0.2) is 23.5 Å². The van der Waals surface area contributed by atoms with Gasteiger partial charge >= 0.3 is 0 Å². The molecule has 1 aromatic carbocycles. The highest BCUT2D eigenvalue weighted by Gasteiger charge is 2.14. The first-order valence-corrected chi connectivity index (χ1v) is 5.27. The number of benzene rings is 1. The minimum atomic E-state index is -0.537. The molecule has 0 bridgehead atoms. The molecule has 0 saturated heterocycles. The van der Waals surface area contributed by atoms with E-state index >= 15 is 0 Å². The normalized spacial score (nSPS) is 12.2. The number of aliphatic hydroxyl groups excluding tert-OH is 1. The van der Waals surface area contributed by atoms with E-state index in [2.05, 4.69) is 5.32 Å². The number of halogens is 1. The predicted molar refractivity (Wildman–Crippen MR) is 61.2 cm³/mol. The third-order valence-corrected chi connectivity index (χ3v) is 2.44. The molecule has 88 valence electrons. The van der Waals surface area contributed by atoms with Crippen LogP contribution in [0.1, 0.15) is 30.6 Å². The Morgan fingerprint density at radius 1 is 1.56 bits per heavy atom. The largest absolute Gasteiger partial charge is 0.394 e. The molecule has 0 unspecified atom stereocenters. The number of ketones is 1. The molecule has 0 saturated carbocycles. The zero-order valence-electron chi connectivity index (χ0n) is 9.46. The van der Waals surface area contributed by atoms with E-state index in [4.69, 9.17) is 5.11 Å². The van der Waals surface area contributed by atoms with Crippen molar-refractivity contribution >= 4 is 11.5 Å². The van der Waals surface area contributed by atoms with Gasteiger partial charge in [-0.2, -0.15) is 0 Å². The second-order valence-corrected chi connectivity index (χ2v) is 3.65. The number of carbonyl (C=O) groups excluding carboxylic acids is 1. The Morgan fingerprint density at radius 2 is 2.25 bits per heavy atom. The van der Waals surface area contributed by atoms with E-state index in [-0.39, 0.29) is 24.0 Å². The minimum Gasteiger partial charge on any atom is -0.394 e. The van der Waals surface area contributed by atoms with Gasteiger partial charge in [-0.25, -0.2) is 4.39 Å². The SMILES string of the molecule is CC[C@H](CO)Nc1cccc(F)c1C(C)=O. The van der Waals surface area contributed by atoms with Gasteiger partial charge in [0, 0.05) is 11.7 Å². The third-order valence-electron chi connectivity index (χ3n) is 2.44. The van der Waals surface area contributed by atoms with Crippen LogP contribution in [0.4, 0.5) is 10.1 Å². The molecular formula is C12H16FNO2. The van der Waals surface area contributed by atoms with Crippen LogP contribution in [0.25, 0.3) is 0 Å². The first kappa shape index (κ1) is 12.6. The summed E-state index contributed by atoms with van der Waals surface area (Å²) in [6.07, 6.45) is 0.699. The molecule has 0 aromatic heterocycles. The second kappa shape index (κ2) is 5.61. The highest BCUT2D eigenvalue weighted by atomic mass is 19.1. The van der Waals surface area contributed by atoms with E-state index in [1.807, 2.05) is 6.92 Å². The molecule has 0 fully saturated rings. The van der Waals surface area contributed by atoms with E-state index in [0.29, 0.717) is 12.1 Å². The number of carbonyl (C=O) groups is 1. The van der Waals surface area contributed by atoms with Gasteiger partial charge in [-0.05, 0) is 25.5 Å². The molecule has 0 spiro atoms. The third kappa shape index (κ3) is 2.79. The van der Waals surface area contributed by atoms with Gasteiger partial charge in [0.1, 0.15) is 5.82 Å². The van der Waals surface area contributed by atoms with Crippen LogP contribution >= 0.6 is 0 Å². The van der Waals surface area contributed by atoms with Gasteiger partial charge < -0.3 is 10.4 Å². The van der Waals surface area contributed by atoms with Crippen molar-refractivity contribution in [1.82, 2.24) is 0 Å². The molecule has 1 rings (SSSR count). The lowest BCUT2D eigenvalue weighted by atomic mass is 10.1. The smallest absolute Gasteiger partial charge is 0.164 e. The zero-order chi connectivity index (χ0) is 12.1. The molecule has 0 aliphatic rings. The number of Topliss-reactive ketones (excluding diaryl/α,β-unsaturated/α-hetero) is 1. The maximum atomic E-state index is 13.4. The first-order valence-electron chi connectivity index (χ1n) is 5.27. The van der Waals surface area contributed by atoms with Gasteiger partial charge in [-0.15, -0.1) is 0 Å². The van der Waals surface area contributed by atoms with Crippen molar-refractivity contribution < 1.29 is 14.3 Å². The Balaban J connectivity index is 3.03. The summed E-state index contributed by atoms with van der Waals surface area (Å²) >= 11 is 0. The Bertz CT molecular complexity index is 375. The van der Waals surface area contributed by atoms with E-state index < -0.39 is 5.82 Å². The number of hydrogen-bond donors (Lipinski definition) is 2. The number of aliphatic hydroxyl groups is 1. The molecule has 4 heteroatoms. The lowest BCUT2D eigenvalue weighted by Gasteiger charge is -2.17. The molecule has 16 heavy (non-hydrogen) atoms. The summed E-state index contributed by atoms with van der Waals surface area (Å²) in [5.74, 6) is -0.862. The Kier molecular flexibility index (Phi) is 4.43. The van der Waals surface area contributed by atoms with E-state index in [0.717, 1.165) is 0 Å². The van der Waals surface area contributed by atoms with Crippen LogP contribution in [0.2, 0.25) is 0 Å². The summed E-state index contributed by atoms with van der Waals surface area (Å²) in [5.41, 5.74) is 0.489. The van der Waals surface area contributed by atoms with Crippen LogP contribution in [0.15, 0.2) is 18.2 Å². The molecule has 2 N–H and O–H groups in total. The molecule has 0 heterocycles. The van der Waals surface area contributed by atoms with Crippen LogP contribution in [0.5, 0.6) is 0 Å². The number of hydrogen-bond acceptors (Lipinski definition) is 3. The van der Waals surface area contributed by atoms with Crippen LogP contribution in [-0.2, 0) is 0 Å². The molecule has 0 aliphatic heterocycles. The maximum absolute atomic E-state index is 13.4. The monoisotopic (exact) mass is 225 g/mol. The summed E-state index contributed by atoms with van der Waals surface area (Å²) in [5, 5.41) is 12.0. The standard InChI is InChI=1S/C12H16FNO2/c1-3-9(7-15)14-11-6-4-5-10(13)12(11)8(2)16/h4-6,9,14-15H,3,7H2,1-2H3/t9-/m1/s1. The fraction of sp³-hybridized carbons (Fsp3) is 0.417. The average molecular weight is 225 g/mol. The summed E-state index contributed by atoms with van der Waals surface area (Å²) < 4.78 is 13.4. The zero-order valence-corrected chi connectivity index (χ0v) is 9.46. The van der Waals surface area contributed by atoms with Crippen LogP contribution in [0, 0.1) is 5.82 Å². The molecular weight excluding hydrogens is 209 g/mol. The van der Waals surface area contributed by atoms with Crippen molar-refractivity contribution in [2.45, 2.75) is 26.3 Å². The number of anilines is 1. The average Bonchev–Trinajstić information content (AvgIpc) is 2.25. The number of nitrogens with one attached hydrogen (secondary N) is 1. The molecule has 0 aliphatic carbocycles. The highest BCUT2D eigenvalue weighted by molar-refractivity contribution is 5.99. The lowest BCUT2D eigenvalue weighted by molar-refractivity contribution is 0.101. The molecule has 3 nitrogen and oxygen atoms in total. The van der Waals surface area contributed by atoms with Gasteiger partial charge in [0.25, 0.3) is 0 Å². The molecule has 1 atom stereocenters. The maximum Gasteiger partial charge on any atom is 0.164 e. The van der Waals surface area contributed by atoms with Gasteiger partial charge in [0.15, 0.2) is 5.78 Å². The van der Waals surface area contributed by atoms with Gasteiger partial charge in [0.05, 0.1) is 12.2 Å². The predicted octanol–water partition coefficient (Wildman–Crippen LogP) is 2.21. The van der Waals surface area contributed by atoms with Crippen molar-refractivity contribution in [2.24, 2.45) is 0 Å². The summed E-state index contributed by atoms with van der Waals surface area (Å²) in [6, 6.07) is 4.26. The quantitative estimate of drug-likeness (QED) is 0.755. The lowest BCUT2D eigenvalue weighted by Crippen LogP contribution is -2.24. The fourth-order valence-corrected chi connectivity index (χ4v) is 1.50. The Hall–Kier alpha value is -1.42. The van der Waals surface area contributed by atoms with Gasteiger partial charge in [-0.3, -0.25) is 4.79 Å². The van der Waals surface area contributed by atoms with Crippen molar-refractivity contribution in [1.29, 1.82) is 0 Å². The van der Waals surface area contributed by atoms with Gasteiger partial charge in [-0.1, -0.05) is 13.0 Å². The fourth-order valence-electron chi connectivity index (χ4n) is 1.50. The van der Waals surface area contributed by atoms with Crippen molar-refractivity contribution in [3.05, 3.63) is 29.6 Å². The van der Waals surface area contributed by atoms with E-state index in [1.165, 1.54) is 19.1 Å². The number of rotatable bonds is 5.